The molecule has 1 rings (SSSR count). The highest BCUT2D eigenvalue weighted by Gasteiger charge is 2.29. The Bertz CT molecular complexity index is 142. The molecule has 0 aromatic heterocycles. The van der Waals surface area contributed by atoms with E-state index < -0.39 is 0 Å². The summed E-state index contributed by atoms with van der Waals surface area (Å²) >= 11 is 0. The van der Waals surface area contributed by atoms with Crippen LogP contribution in [0, 0.1) is 11.3 Å². The summed E-state index contributed by atoms with van der Waals surface area (Å²) < 4.78 is 0. The number of rotatable bonds is 0. The Kier molecular flexibility index (Phi) is 1.89. The number of hydrogen-bond donors (Lipinski definition) is 0. The molecule has 0 amide bonds. The molecule has 0 heteroatoms. The maximum atomic E-state index is 4.04. The summed E-state index contributed by atoms with van der Waals surface area (Å²) in [5.41, 5.74) is 1.96. The van der Waals surface area contributed by atoms with E-state index in [4.69, 9.17) is 0 Å². The molecule has 10 heavy (non-hydrogen) atoms. The van der Waals surface area contributed by atoms with Crippen molar-refractivity contribution < 1.29 is 0 Å². The molecule has 1 atom stereocenters. The quantitative estimate of drug-likeness (QED) is 0.450. The van der Waals surface area contributed by atoms with Crippen molar-refractivity contribution >= 4 is 0 Å². The molecular formula is C10H18. The van der Waals surface area contributed by atoms with Gasteiger partial charge in [0, 0.05) is 0 Å². The lowest BCUT2D eigenvalue weighted by Crippen LogP contribution is -2.26. The molecule has 58 valence electrons. The molecule has 0 saturated heterocycles. The minimum Gasteiger partial charge on any atom is -0.0998 e. The van der Waals surface area contributed by atoms with Gasteiger partial charge in [-0.05, 0) is 30.6 Å². The molecule has 0 aromatic rings. The zero-order valence-electron chi connectivity index (χ0n) is 7.41. The molecule has 1 fully saturated rings. The van der Waals surface area contributed by atoms with Crippen molar-refractivity contribution in [2.75, 3.05) is 0 Å². The summed E-state index contributed by atoms with van der Waals surface area (Å²) in [6.45, 7) is 11.1. The third kappa shape index (κ3) is 1.42. The summed E-state index contributed by atoms with van der Waals surface area (Å²) in [5, 5.41) is 0. The largest absolute Gasteiger partial charge is 0.0998 e. The molecule has 0 aliphatic heterocycles. The van der Waals surface area contributed by atoms with E-state index in [2.05, 4.69) is 27.4 Å². The molecule has 1 aliphatic rings. The van der Waals surface area contributed by atoms with Gasteiger partial charge in [-0.1, -0.05) is 32.9 Å². The third-order valence-corrected chi connectivity index (χ3v) is 2.97. The Hall–Kier alpha value is -0.260. The van der Waals surface area contributed by atoms with Gasteiger partial charge in [0.25, 0.3) is 0 Å². The molecule has 0 aromatic carbocycles. The minimum atomic E-state index is 0.509. The highest BCUT2D eigenvalue weighted by molar-refractivity contribution is 5.04. The Labute approximate surface area is 64.3 Å². The van der Waals surface area contributed by atoms with Gasteiger partial charge < -0.3 is 0 Å². The van der Waals surface area contributed by atoms with Crippen LogP contribution in [-0.4, -0.2) is 0 Å². The summed E-state index contributed by atoms with van der Waals surface area (Å²) in [4.78, 5) is 0. The second kappa shape index (κ2) is 2.41. The van der Waals surface area contributed by atoms with Crippen molar-refractivity contribution in [1.29, 1.82) is 0 Å². The Morgan fingerprint density at radius 1 is 1.50 bits per heavy atom. The van der Waals surface area contributed by atoms with Crippen LogP contribution < -0.4 is 0 Å². The molecule has 1 aliphatic carbocycles. The maximum absolute atomic E-state index is 4.04. The van der Waals surface area contributed by atoms with Gasteiger partial charge in [-0.3, -0.25) is 0 Å². The fourth-order valence-electron chi connectivity index (χ4n) is 1.72. The second-order valence-electron chi connectivity index (χ2n) is 4.36. The van der Waals surface area contributed by atoms with Crippen molar-refractivity contribution in [2.45, 2.75) is 40.0 Å². The molecule has 0 nitrogen and oxygen atoms in total. The van der Waals surface area contributed by atoms with Crippen LogP contribution in [0.5, 0.6) is 0 Å². The third-order valence-electron chi connectivity index (χ3n) is 2.97. The maximum Gasteiger partial charge on any atom is -0.0269 e. The summed E-state index contributed by atoms with van der Waals surface area (Å²) in [5.74, 6) is 0.873. The summed E-state index contributed by atoms with van der Waals surface area (Å²) in [6.07, 6.45) is 3.82. The van der Waals surface area contributed by atoms with Gasteiger partial charge in [0.2, 0.25) is 0 Å². The van der Waals surface area contributed by atoms with Crippen LogP contribution in [-0.2, 0) is 0 Å². The van der Waals surface area contributed by atoms with E-state index in [1.54, 1.807) is 0 Å². The zero-order chi connectivity index (χ0) is 7.78. The van der Waals surface area contributed by atoms with Crippen molar-refractivity contribution in [3.05, 3.63) is 12.2 Å². The average Bonchev–Trinajstić information content (AvgIpc) is 1.78. The first-order valence-electron chi connectivity index (χ1n) is 4.19. The van der Waals surface area contributed by atoms with E-state index in [0.29, 0.717) is 5.41 Å². The van der Waals surface area contributed by atoms with Gasteiger partial charge in [0.15, 0.2) is 0 Å². The first-order chi connectivity index (χ1) is 4.52. The lowest BCUT2D eigenvalue weighted by molar-refractivity contribution is 0.188. The molecule has 0 radical (unpaired) electrons. The van der Waals surface area contributed by atoms with Crippen LogP contribution in [0.2, 0.25) is 0 Å². The Morgan fingerprint density at radius 3 is 2.50 bits per heavy atom. The van der Waals surface area contributed by atoms with Crippen LogP contribution in [0.15, 0.2) is 12.2 Å². The van der Waals surface area contributed by atoms with Crippen LogP contribution in [0.3, 0.4) is 0 Å². The molecular weight excluding hydrogens is 120 g/mol. The van der Waals surface area contributed by atoms with E-state index in [1.165, 1.54) is 24.8 Å². The fraction of sp³-hybridized carbons (Fsp3) is 0.800. The van der Waals surface area contributed by atoms with Gasteiger partial charge >= 0.3 is 0 Å². The average molecular weight is 138 g/mol. The van der Waals surface area contributed by atoms with Gasteiger partial charge in [-0.2, -0.15) is 0 Å². The molecule has 0 heterocycles. The lowest BCUT2D eigenvalue weighted by atomic mass is 9.68. The predicted octanol–water partition coefficient (Wildman–Crippen LogP) is 3.39. The smallest absolute Gasteiger partial charge is 0.0269 e. The second-order valence-corrected chi connectivity index (χ2v) is 4.36. The van der Waals surface area contributed by atoms with Gasteiger partial charge in [-0.15, -0.1) is 0 Å². The monoisotopic (exact) mass is 138 g/mol. The molecule has 1 unspecified atom stereocenters. The van der Waals surface area contributed by atoms with Crippen LogP contribution in [0.25, 0.3) is 0 Å². The first-order valence-corrected chi connectivity index (χ1v) is 4.19. The topological polar surface area (TPSA) is 0 Å². The first kappa shape index (κ1) is 7.84. The van der Waals surface area contributed by atoms with Gasteiger partial charge in [0.05, 0.1) is 0 Å². The Morgan fingerprint density at radius 2 is 2.10 bits per heavy atom. The van der Waals surface area contributed by atoms with Crippen molar-refractivity contribution in [2.24, 2.45) is 11.3 Å². The van der Waals surface area contributed by atoms with Gasteiger partial charge in [0.1, 0.15) is 0 Å². The molecule has 1 saturated carbocycles. The van der Waals surface area contributed by atoms with Crippen molar-refractivity contribution in [3.8, 4) is 0 Å². The predicted molar refractivity (Wildman–Crippen MR) is 45.9 cm³/mol. The highest BCUT2D eigenvalue weighted by Crippen LogP contribution is 2.41. The number of allylic oxidation sites excluding steroid dienone is 1. The van der Waals surface area contributed by atoms with E-state index >= 15 is 0 Å². The van der Waals surface area contributed by atoms with E-state index in [-0.39, 0.29) is 0 Å². The summed E-state index contributed by atoms with van der Waals surface area (Å²) in [7, 11) is 0. The SMILES string of the molecule is C=C1CCC(C)C(C)(C)C1. The van der Waals surface area contributed by atoms with Crippen molar-refractivity contribution in [3.63, 3.8) is 0 Å². The van der Waals surface area contributed by atoms with Crippen molar-refractivity contribution in [1.82, 2.24) is 0 Å². The molecule has 0 spiro atoms. The van der Waals surface area contributed by atoms with E-state index in [0.717, 1.165) is 5.92 Å². The molecule has 0 N–H and O–H groups in total. The molecule has 0 bridgehead atoms. The minimum absolute atomic E-state index is 0.509. The van der Waals surface area contributed by atoms with E-state index in [1.807, 2.05) is 0 Å². The lowest BCUT2D eigenvalue weighted by Gasteiger charge is -2.37. The standard InChI is InChI=1S/C10H18/c1-8-5-6-9(2)10(3,4)7-8/h9H,1,5-7H2,2-4H3. The normalized spacial score (nSPS) is 32.3. The summed E-state index contributed by atoms with van der Waals surface area (Å²) in [6, 6.07) is 0. The zero-order valence-corrected chi connectivity index (χ0v) is 7.41. The fourth-order valence-corrected chi connectivity index (χ4v) is 1.72. The van der Waals surface area contributed by atoms with Crippen LogP contribution >= 0.6 is 0 Å². The Balaban J connectivity index is 2.63. The van der Waals surface area contributed by atoms with Crippen LogP contribution in [0.4, 0.5) is 0 Å². The highest BCUT2D eigenvalue weighted by atomic mass is 14.3. The van der Waals surface area contributed by atoms with Crippen LogP contribution in [0.1, 0.15) is 40.0 Å². The number of hydrogen-bond acceptors (Lipinski definition) is 0. The van der Waals surface area contributed by atoms with Gasteiger partial charge in [-0.25, -0.2) is 0 Å². The van der Waals surface area contributed by atoms with E-state index in [9.17, 15) is 0 Å².